The van der Waals surface area contributed by atoms with Crippen LogP contribution < -0.4 is 5.32 Å². The number of hydrogen-bond acceptors (Lipinski definition) is 4. The molecule has 1 rings (SSSR count). The van der Waals surface area contributed by atoms with Crippen LogP contribution in [0, 0.1) is 11.3 Å². The molecule has 0 aromatic rings. The summed E-state index contributed by atoms with van der Waals surface area (Å²) in [5.74, 6) is 0.669. The summed E-state index contributed by atoms with van der Waals surface area (Å²) in [6.45, 7) is 8.45. The zero-order valence-corrected chi connectivity index (χ0v) is 14.1. The van der Waals surface area contributed by atoms with Crippen molar-refractivity contribution in [1.29, 1.82) is 0 Å². The lowest BCUT2D eigenvalue weighted by molar-refractivity contribution is -0.0502. The molecule has 1 saturated carbocycles. The van der Waals surface area contributed by atoms with Gasteiger partial charge in [-0.25, -0.2) is 0 Å². The zero-order chi connectivity index (χ0) is 15.7. The van der Waals surface area contributed by atoms with Gasteiger partial charge in [-0.05, 0) is 30.6 Å². The van der Waals surface area contributed by atoms with E-state index in [-0.39, 0.29) is 12.0 Å². The molecule has 0 spiro atoms. The highest BCUT2D eigenvalue weighted by molar-refractivity contribution is 4.76. The molecule has 1 aliphatic rings. The predicted octanol–water partition coefficient (Wildman–Crippen LogP) is 2.33. The summed E-state index contributed by atoms with van der Waals surface area (Å²) in [5.41, 5.74) is 0.0615. The first kappa shape index (κ1) is 18.9. The first-order valence-electron chi connectivity index (χ1n) is 8.59. The molecule has 126 valence electrons. The van der Waals surface area contributed by atoms with E-state index in [1.165, 1.54) is 25.7 Å². The normalized spacial score (nSPS) is 25.0. The van der Waals surface area contributed by atoms with E-state index < -0.39 is 6.10 Å². The number of aliphatic hydroxyl groups excluding tert-OH is 2. The number of aliphatic hydroxyl groups is 2. The number of nitrogens with one attached hydrogen (secondary N) is 1. The van der Waals surface area contributed by atoms with Gasteiger partial charge in [0.25, 0.3) is 0 Å². The Hall–Kier alpha value is -0.160. The van der Waals surface area contributed by atoms with Gasteiger partial charge in [0.1, 0.15) is 0 Å². The van der Waals surface area contributed by atoms with Crippen molar-refractivity contribution in [2.24, 2.45) is 11.3 Å². The first-order valence-corrected chi connectivity index (χ1v) is 8.59. The summed E-state index contributed by atoms with van der Waals surface area (Å²) in [6.07, 6.45) is 6.82. The van der Waals surface area contributed by atoms with E-state index >= 15 is 0 Å². The van der Waals surface area contributed by atoms with E-state index in [4.69, 9.17) is 9.84 Å². The van der Waals surface area contributed by atoms with Crippen LogP contribution in [-0.4, -0.2) is 48.7 Å². The van der Waals surface area contributed by atoms with Gasteiger partial charge in [-0.1, -0.05) is 40.0 Å². The topological polar surface area (TPSA) is 61.7 Å². The maximum atomic E-state index is 10.0. The third kappa shape index (κ3) is 7.59. The van der Waals surface area contributed by atoms with Gasteiger partial charge in [0, 0.05) is 19.7 Å². The minimum absolute atomic E-state index is 0.0615. The summed E-state index contributed by atoms with van der Waals surface area (Å²) in [7, 11) is 0. The van der Waals surface area contributed by atoms with E-state index in [2.05, 4.69) is 26.1 Å². The molecule has 0 aromatic heterocycles. The minimum atomic E-state index is -0.450. The van der Waals surface area contributed by atoms with Gasteiger partial charge < -0.3 is 20.3 Å². The van der Waals surface area contributed by atoms with Crippen molar-refractivity contribution < 1.29 is 14.9 Å². The van der Waals surface area contributed by atoms with Crippen LogP contribution in [-0.2, 0) is 4.74 Å². The van der Waals surface area contributed by atoms with Crippen molar-refractivity contribution in [2.75, 3.05) is 26.3 Å². The molecule has 0 bridgehead atoms. The Morgan fingerprint density at radius 1 is 1.29 bits per heavy atom. The Bertz CT molecular complexity index is 271. The van der Waals surface area contributed by atoms with E-state index in [0.717, 1.165) is 19.4 Å². The lowest BCUT2D eigenvalue weighted by Crippen LogP contribution is -2.38. The van der Waals surface area contributed by atoms with Crippen LogP contribution >= 0.6 is 0 Å². The van der Waals surface area contributed by atoms with Crippen LogP contribution in [0.5, 0.6) is 0 Å². The summed E-state index contributed by atoms with van der Waals surface area (Å²) in [6, 6.07) is 0. The maximum absolute atomic E-state index is 10.0. The molecule has 0 heterocycles. The minimum Gasteiger partial charge on any atom is -0.396 e. The standard InChI is InChI=1S/C17H35NO3/c1-4-14-7-5-6-8-16(14)21-12-15(20)11-18-13-17(2,3)9-10-19/h14-16,18-20H,4-13H2,1-3H3. The van der Waals surface area contributed by atoms with Crippen LogP contribution in [0.25, 0.3) is 0 Å². The van der Waals surface area contributed by atoms with Gasteiger partial charge >= 0.3 is 0 Å². The molecule has 0 aliphatic heterocycles. The fraction of sp³-hybridized carbons (Fsp3) is 1.00. The molecule has 1 fully saturated rings. The van der Waals surface area contributed by atoms with Crippen LogP contribution in [0.1, 0.15) is 59.3 Å². The Labute approximate surface area is 130 Å². The first-order chi connectivity index (χ1) is 9.98. The third-order valence-electron chi connectivity index (χ3n) is 4.64. The van der Waals surface area contributed by atoms with E-state index in [9.17, 15) is 5.11 Å². The second-order valence-corrected chi connectivity index (χ2v) is 7.25. The molecule has 0 radical (unpaired) electrons. The van der Waals surface area contributed by atoms with Crippen molar-refractivity contribution in [2.45, 2.75) is 71.5 Å². The molecule has 4 heteroatoms. The highest BCUT2D eigenvalue weighted by Crippen LogP contribution is 2.29. The Morgan fingerprint density at radius 3 is 2.67 bits per heavy atom. The molecule has 21 heavy (non-hydrogen) atoms. The largest absolute Gasteiger partial charge is 0.396 e. The van der Waals surface area contributed by atoms with Gasteiger partial charge in [-0.3, -0.25) is 0 Å². The lowest BCUT2D eigenvalue weighted by atomic mass is 9.85. The summed E-state index contributed by atoms with van der Waals surface area (Å²) in [5, 5.41) is 22.3. The van der Waals surface area contributed by atoms with Crippen molar-refractivity contribution in [3.05, 3.63) is 0 Å². The fourth-order valence-corrected chi connectivity index (χ4v) is 3.12. The van der Waals surface area contributed by atoms with E-state index in [1.54, 1.807) is 0 Å². The van der Waals surface area contributed by atoms with Crippen LogP contribution in [0.15, 0.2) is 0 Å². The van der Waals surface area contributed by atoms with Gasteiger partial charge in [0.15, 0.2) is 0 Å². The zero-order valence-electron chi connectivity index (χ0n) is 14.1. The maximum Gasteiger partial charge on any atom is 0.0897 e. The second-order valence-electron chi connectivity index (χ2n) is 7.25. The van der Waals surface area contributed by atoms with E-state index in [1.807, 2.05) is 0 Å². The fourth-order valence-electron chi connectivity index (χ4n) is 3.12. The van der Waals surface area contributed by atoms with Gasteiger partial charge in [-0.15, -0.1) is 0 Å². The number of hydrogen-bond donors (Lipinski definition) is 3. The summed E-state index contributed by atoms with van der Waals surface area (Å²) in [4.78, 5) is 0. The molecular weight excluding hydrogens is 266 g/mol. The third-order valence-corrected chi connectivity index (χ3v) is 4.64. The lowest BCUT2D eigenvalue weighted by Gasteiger charge is -2.31. The average molecular weight is 301 g/mol. The van der Waals surface area contributed by atoms with E-state index in [0.29, 0.717) is 25.2 Å². The Morgan fingerprint density at radius 2 is 2.00 bits per heavy atom. The Balaban J connectivity index is 2.17. The molecular formula is C17H35NO3. The van der Waals surface area contributed by atoms with Crippen LogP contribution in [0.4, 0.5) is 0 Å². The van der Waals surface area contributed by atoms with Crippen LogP contribution in [0.3, 0.4) is 0 Å². The molecule has 0 aromatic carbocycles. The molecule has 3 atom stereocenters. The van der Waals surface area contributed by atoms with Crippen molar-refractivity contribution >= 4 is 0 Å². The monoisotopic (exact) mass is 301 g/mol. The van der Waals surface area contributed by atoms with Crippen molar-refractivity contribution in [3.8, 4) is 0 Å². The Kier molecular flexibility index (Phi) is 8.79. The quantitative estimate of drug-likeness (QED) is 0.579. The van der Waals surface area contributed by atoms with Crippen molar-refractivity contribution in [3.63, 3.8) is 0 Å². The molecule has 0 amide bonds. The van der Waals surface area contributed by atoms with Gasteiger partial charge in [-0.2, -0.15) is 0 Å². The average Bonchev–Trinajstić information content (AvgIpc) is 2.45. The molecule has 4 nitrogen and oxygen atoms in total. The molecule has 0 saturated heterocycles. The SMILES string of the molecule is CCC1CCCCC1OCC(O)CNCC(C)(C)CCO. The number of ether oxygens (including phenoxy) is 1. The predicted molar refractivity (Wildman–Crippen MR) is 86.3 cm³/mol. The number of rotatable bonds is 10. The van der Waals surface area contributed by atoms with Crippen molar-refractivity contribution in [1.82, 2.24) is 5.32 Å². The smallest absolute Gasteiger partial charge is 0.0897 e. The second kappa shape index (κ2) is 9.78. The summed E-state index contributed by atoms with van der Waals surface area (Å²) < 4.78 is 5.95. The molecule has 3 N–H and O–H groups in total. The highest BCUT2D eigenvalue weighted by atomic mass is 16.5. The summed E-state index contributed by atoms with van der Waals surface area (Å²) >= 11 is 0. The molecule has 1 aliphatic carbocycles. The molecule has 3 unspecified atom stereocenters. The highest BCUT2D eigenvalue weighted by Gasteiger charge is 2.25. The van der Waals surface area contributed by atoms with Gasteiger partial charge in [0.05, 0.1) is 18.8 Å². The van der Waals surface area contributed by atoms with Crippen LogP contribution in [0.2, 0.25) is 0 Å². The van der Waals surface area contributed by atoms with Gasteiger partial charge in [0.2, 0.25) is 0 Å².